The molecule has 3 rings (SSSR count). The standard InChI is InChI=1S/C16H23BrN2O/c1-12(15-10-13(17)5-6-16(15)20)19-9-8-18-7-3-2-4-14(18)11-19/h5-6,10,12,14,20H,2-4,7-9,11H2,1H3. The van der Waals surface area contributed by atoms with E-state index in [1.54, 1.807) is 6.07 Å². The second-order valence-electron chi connectivity index (χ2n) is 6.06. The zero-order valence-electron chi connectivity index (χ0n) is 12.1. The summed E-state index contributed by atoms with van der Waals surface area (Å²) in [7, 11) is 0. The maximum atomic E-state index is 10.1. The Morgan fingerprint density at radius 3 is 2.95 bits per heavy atom. The van der Waals surface area contributed by atoms with Crippen molar-refractivity contribution in [2.45, 2.75) is 38.3 Å². The summed E-state index contributed by atoms with van der Waals surface area (Å²) < 4.78 is 1.04. The van der Waals surface area contributed by atoms with Crippen molar-refractivity contribution in [3.8, 4) is 5.75 Å². The number of phenols is 1. The number of aromatic hydroxyl groups is 1. The predicted molar refractivity (Wildman–Crippen MR) is 85.0 cm³/mol. The van der Waals surface area contributed by atoms with E-state index in [1.807, 2.05) is 12.1 Å². The summed E-state index contributed by atoms with van der Waals surface area (Å²) >= 11 is 3.51. The van der Waals surface area contributed by atoms with Gasteiger partial charge in [-0.15, -0.1) is 0 Å². The van der Waals surface area contributed by atoms with Crippen LogP contribution >= 0.6 is 15.9 Å². The topological polar surface area (TPSA) is 26.7 Å². The quantitative estimate of drug-likeness (QED) is 0.895. The van der Waals surface area contributed by atoms with Gasteiger partial charge in [-0.25, -0.2) is 0 Å². The number of hydrogen-bond donors (Lipinski definition) is 1. The number of piperidine rings is 1. The molecule has 2 aliphatic rings. The van der Waals surface area contributed by atoms with Crippen molar-refractivity contribution in [3.05, 3.63) is 28.2 Å². The Labute approximate surface area is 129 Å². The number of rotatable bonds is 2. The van der Waals surface area contributed by atoms with E-state index in [4.69, 9.17) is 0 Å². The monoisotopic (exact) mass is 338 g/mol. The van der Waals surface area contributed by atoms with Crippen LogP contribution < -0.4 is 0 Å². The Morgan fingerprint density at radius 2 is 2.10 bits per heavy atom. The molecule has 4 heteroatoms. The lowest BCUT2D eigenvalue weighted by Gasteiger charge is -2.46. The Kier molecular flexibility index (Phi) is 4.34. The van der Waals surface area contributed by atoms with Crippen LogP contribution in [-0.4, -0.2) is 47.1 Å². The lowest BCUT2D eigenvalue weighted by Crippen LogP contribution is -2.55. The number of halogens is 1. The van der Waals surface area contributed by atoms with Crippen LogP contribution in [0.5, 0.6) is 5.75 Å². The molecule has 1 aromatic carbocycles. The molecule has 110 valence electrons. The highest BCUT2D eigenvalue weighted by atomic mass is 79.9. The lowest BCUT2D eigenvalue weighted by atomic mass is 9.97. The van der Waals surface area contributed by atoms with Crippen LogP contribution in [0.25, 0.3) is 0 Å². The highest BCUT2D eigenvalue weighted by molar-refractivity contribution is 9.10. The zero-order chi connectivity index (χ0) is 14.1. The third-order valence-electron chi connectivity index (χ3n) is 4.86. The molecule has 1 aromatic rings. The first kappa shape index (κ1) is 14.4. The SMILES string of the molecule is CC(c1cc(Br)ccc1O)N1CCN2CCCCC2C1. The molecule has 0 aliphatic carbocycles. The van der Waals surface area contributed by atoms with Crippen LogP contribution in [0.4, 0.5) is 0 Å². The highest BCUT2D eigenvalue weighted by Crippen LogP contribution is 2.33. The molecule has 0 amide bonds. The summed E-state index contributed by atoms with van der Waals surface area (Å²) in [6.45, 7) is 6.88. The van der Waals surface area contributed by atoms with Crippen LogP contribution in [0.2, 0.25) is 0 Å². The molecule has 2 saturated heterocycles. The molecule has 2 aliphatic heterocycles. The predicted octanol–water partition coefficient (Wildman–Crippen LogP) is 3.39. The highest BCUT2D eigenvalue weighted by Gasteiger charge is 2.31. The first-order valence-electron chi connectivity index (χ1n) is 7.61. The average molecular weight is 339 g/mol. The fourth-order valence-corrected chi connectivity index (χ4v) is 3.97. The summed E-state index contributed by atoms with van der Waals surface area (Å²) in [5.41, 5.74) is 1.03. The van der Waals surface area contributed by atoms with Gasteiger partial charge in [0.2, 0.25) is 0 Å². The van der Waals surface area contributed by atoms with Crippen molar-refractivity contribution in [3.63, 3.8) is 0 Å². The first-order chi connectivity index (χ1) is 9.65. The van der Waals surface area contributed by atoms with Crippen molar-refractivity contribution in [1.29, 1.82) is 0 Å². The molecule has 3 nitrogen and oxygen atoms in total. The van der Waals surface area contributed by atoms with E-state index in [0.29, 0.717) is 11.8 Å². The summed E-state index contributed by atoms with van der Waals surface area (Å²) in [6, 6.07) is 6.72. The van der Waals surface area contributed by atoms with E-state index >= 15 is 0 Å². The van der Waals surface area contributed by atoms with Gasteiger partial charge in [-0.05, 0) is 44.5 Å². The van der Waals surface area contributed by atoms with Gasteiger partial charge in [-0.2, -0.15) is 0 Å². The third-order valence-corrected chi connectivity index (χ3v) is 5.35. The minimum Gasteiger partial charge on any atom is -0.508 e. The van der Waals surface area contributed by atoms with Crippen LogP contribution in [0.3, 0.4) is 0 Å². The second-order valence-corrected chi connectivity index (χ2v) is 6.98. The van der Waals surface area contributed by atoms with Crippen LogP contribution in [-0.2, 0) is 0 Å². The molecule has 0 bridgehead atoms. The first-order valence-corrected chi connectivity index (χ1v) is 8.41. The summed E-state index contributed by atoms with van der Waals surface area (Å²) in [6.07, 6.45) is 4.05. The minimum atomic E-state index is 0.275. The maximum absolute atomic E-state index is 10.1. The molecule has 0 saturated carbocycles. The van der Waals surface area contributed by atoms with Gasteiger partial charge in [0.15, 0.2) is 0 Å². The number of hydrogen-bond acceptors (Lipinski definition) is 3. The van der Waals surface area contributed by atoms with Gasteiger partial charge in [0.1, 0.15) is 5.75 Å². The summed E-state index contributed by atoms with van der Waals surface area (Å²) in [5, 5.41) is 10.1. The summed E-state index contributed by atoms with van der Waals surface area (Å²) in [4.78, 5) is 5.17. The zero-order valence-corrected chi connectivity index (χ0v) is 13.6. The van der Waals surface area contributed by atoms with Crippen molar-refractivity contribution in [2.24, 2.45) is 0 Å². The van der Waals surface area contributed by atoms with E-state index in [-0.39, 0.29) is 6.04 Å². The Morgan fingerprint density at radius 1 is 1.25 bits per heavy atom. The molecule has 2 atom stereocenters. The summed E-state index contributed by atoms with van der Waals surface area (Å²) in [5.74, 6) is 0.409. The second kappa shape index (κ2) is 6.04. The van der Waals surface area contributed by atoms with Gasteiger partial charge in [-0.3, -0.25) is 9.80 Å². The Balaban J connectivity index is 1.74. The van der Waals surface area contributed by atoms with Crippen LogP contribution in [0.1, 0.15) is 37.8 Å². The fourth-order valence-electron chi connectivity index (χ4n) is 3.59. The van der Waals surface area contributed by atoms with Gasteiger partial charge in [-0.1, -0.05) is 22.4 Å². The van der Waals surface area contributed by atoms with Gasteiger partial charge >= 0.3 is 0 Å². The molecule has 2 unspecified atom stereocenters. The number of benzene rings is 1. The third kappa shape index (κ3) is 2.87. The van der Waals surface area contributed by atoms with Gasteiger partial charge in [0.25, 0.3) is 0 Å². The normalized spacial score (nSPS) is 26.2. The molecule has 0 radical (unpaired) electrons. The number of nitrogens with zero attached hydrogens (tertiary/aromatic N) is 2. The van der Waals surface area contributed by atoms with E-state index < -0.39 is 0 Å². The molecule has 2 heterocycles. The largest absolute Gasteiger partial charge is 0.508 e. The maximum Gasteiger partial charge on any atom is 0.120 e. The van der Waals surface area contributed by atoms with Gasteiger partial charge < -0.3 is 5.11 Å². The number of phenolic OH excluding ortho intramolecular Hbond substituents is 1. The molecule has 0 spiro atoms. The molecule has 2 fully saturated rings. The van der Waals surface area contributed by atoms with E-state index in [2.05, 4.69) is 32.7 Å². The van der Waals surface area contributed by atoms with E-state index in [0.717, 1.165) is 23.1 Å². The average Bonchev–Trinajstić information content (AvgIpc) is 2.48. The minimum absolute atomic E-state index is 0.275. The number of fused-ring (bicyclic) bond motifs is 1. The van der Waals surface area contributed by atoms with Crippen molar-refractivity contribution < 1.29 is 5.11 Å². The van der Waals surface area contributed by atoms with Gasteiger partial charge in [0.05, 0.1) is 0 Å². The van der Waals surface area contributed by atoms with Crippen molar-refractivity contribution in [2.75, 3.05) is 26.2 Å². The fraction of sp³-hybridized carbons (Fsp3) is 0.625. The molecular weight excluding hydrogens is 316 g/mol. The Bertz CT molecular complexity index is 480. The van der Waals surface area contributed by atoms with E-state index in [9.17, 15) is 5.11 Å². The smallest absolute Gasteiger partial charge is 0.120 e. The van der Waals surface area contributed by atoms with Crippen LogP contribution in [0, 0.1) is 0 Å². The lowest BCUT2D eigenvalue weighted by molar-refractivity contribution is 0.0303. The van der Waals surface area contributed by atoms with E-state index in [1.165, 1.54) is 32.4 Å². The van der Waals surface area contributed by atoms with Gasteiger partial charge in [0, 0.05) is 41.8 Å². The molecular formula is C16H23BrN2O. The number of piperazine rings is 1. The van der Waals surface area contributed by atoms with Crippen LogP contribution in [0.15, 0.2) is 22.7 Å². The molecule has 1 N–H and O–H groups in total. The molecule has 0 aromatic heterocycles. The van der Waals surface area contributed by atoms with Crippen molar-refractivity contribution in [1.82, 2.24) is 9.80 Å². The Hall–Kier alpha value is -0.580. The van der Waals surface area contributed by atoms with Crippen molar-refractivity contribution >= 4 is 15.9 Å². The molecule has 20 heavy (non-hydrogen) atoms.